The molecule has 6 rings (SSSR count). The number of fused-ring (bicyclic) bond motifs is 1. The molecule has 1 saturated heterocycles. The van der Waals surface area contributed by atoms with E-state index < -0.39 is 5.97 Å². The van der Waals surface area contributed by atoms with Crippen molar-refractivity contribution < 1.29 is 9.90 Å². The van der Waals surface area contributed by atoms with Gasteiger partial charge in [0.05, 0.1) is 5.56 Å². The third kappa shape index (κ3) is 4.40. The van der Waals surface area contributed by atoms with Crippen molar-refractivity contribution in [1.82, 2.24) is 9.88 Å². The van der Waals surface area contributed by atoms with Gasteiger partial charge in [-0.1, -0.05) is 31.0 Å². The van der Waals surface area contributed by atoms with Gasteiger partial charge in [-0.2, -0.15) is 0 Å². The molecule has 0 bridgehead atoms. The van der Waals surface area contributed by atoms with Crippen molar-refractivity contribution in [2.75, 3.05) is 6.54 Å². The van der Waals surface area contributed by atoms with Gasteiger partial charge in [-0.15, -0.1) is 0 Å². The monoisotopic (exact) mass is 456 g/mol. The van der Waals surface area contributed by atoms with Crippen LogP contribution in [-0.4, -0.2) is 27.5 Å². The molecule has 3 aromatic rings. The molecule has 3 fully saturated rings. The topological polar surface area (TPSA) is 56.3 Å². The number of nitrogens with zero attached hydrogens (tertiary/aromatic N) is 1. The molecule has 4 nitrogen and oxygen atoms in total. The van der Waals surface area contributed by atoms with Crippen molar-refractivity contribution in [3.8, 4) is 0 Å². The molecule has 0 unspecified atom stereocenters. The van der Waals surface area contributed by atoms with E-state index in [9.17, 15) is 9.90 Å². The van der Waals surface area contributed by atoms with Gasteiger partial charge in [-0.25, -0.2) is 4.79 Å². The van der Waals surface area contributed by atoms with E-state index in [4.69, 9.17) is 0 Å². The number of carbonyl (C=O) groups is 1. The van der Waals surface area contributed by atoms with Gasteiger partial charge in [0.25, 0.3) is 0 Å². The number of hydrogen-bond acceptors (Lipinski definition) is 2. The number of nitrogens with one attached hydrogen (secondary N) is 1. The number of piperidine rings is 1. The van der Waals surface area contributed by atoms with Gasteiger partial charge in [-0.05, 0) is 110 Å². The lowest BCUT2D eigenvalue weighted by molar-refractivity contribution is 0.0696. The molecule has 3 aliphatic rings. The maximum atomic E-state index is 11.4. The third-order valence-electron chi connectivity index (χ3n) is 8.71. The SMILES string of the molecule is Cc1cc(CCC2CC2)c(CN2CC[C@@H](C3CC3)C[C@H]2c2ccc(C(=O)O)cc2)c2cc[nH]c12. The molecular formula is C30H36N2O2. The van der Waals surface area contributed by atoms with E-state index in [0.29, 0.717) is 11.6 Å². The number of likely N-dealkylation sites (tertiary alicyclic amines) is 1. The molecule has 0 amide bonds. The summed E-state index contributed by atoms with van der Waals surface area (Å²) in [5, 5.41) is 10.8. The van der Waals surface area contributed by atoms with Crippen molar-refractivity contribution in [1.29, 1.82) is 0 Å². The predicted molar refractivity (Wildman–Crippen MR) is 136 cm³/mol. The van der Waals surface area contributed by atoms with E-state index in [1.54, 1.807) is 12.1 Å². The summed E-state index contributed by atoms with van der Waals surface area (Å²) in [6.07, 6.45) is 12.7. The fraction of sp³-hybridized carbons (Fsp3) is 0.500. The van der Waals surface area contributed by atoms with Gasteiger partial charge in [0, 0.05) is 29.7 Å². The van der Waals surface area contributed by atoms with Crippen LogP contribution in [0, 0.1) is 24.7 Å². The number of rotatable bonds is 8. The molecule has 2 N–H and O–H groups in total. The Labute approximate surface area is 202 Å². The van der Waals surface area contributed by atoms with Crippen molar-refractivity contribution in [2.24, 2.45) is 17.8 Å². The second kappa shape index (κ2) is 8.88. The Balaban J connectivity index is 1.33. The van der Waals surface area contributed by atoms with Crippen LogP contribution in [0.4, 0.5) is 0 Å². The van der Waals surface area contributed by atoms with E-state index in [-0.39, 0.29) is 0 Å². The fourth-order valence-electron chi connectivity index (χ4n) is 6.34. The first-order valence-electron chi connectivity index (χ1n) is 13.2. The standard InChI is InChI=1S/C30H36N2O2/c1-19-16-25(5-4-20-2-3-20)27(26-12-14-31-29(19)26)18-32-15-13-24(21-6-7-21)17-28(32)22-8-10-23(11-9-22)30(33)34/h8-12,14,16,20-21,24,28,31H,2-7,13,15,17-18H2,1H3,(H,33,34)/t24-,28+/m1/s1. The highest BCUT2D eigenvalue weighted by molar-refractivity contribution is 5.88. The van der Waals surface area contributed by atoms with Crippen LogP contribution in [0.15, 0.2) is 42.6 Å². The minimum Gasteiger partial charge on any atom is -0.478 e. The van der Waals surface area contributed by atoms with Gasteiger partial charge < -0.3 is 10.1 Å². The van der Waals surface area contributed by atoms with Gasteiger partial charge in [0.15, 0.2) is 0 Å². The largest absolute Gasteiger partial charge is 0.478 e. The summed E-state index contributed by atoms with van der Waals surface area (Å²) in [5.41, 5.74) is 7.30. The molecule has 178 valence electrons. The maximum absolute atomic E-state index is 11.4. The number of carboxylic acids is 1. The second-order valence-corrected chi connectivity index (χ2v) is 11.1. The molecule has 2 atom stereocenters. The molecule has 2 heterocycles. The number of aromatic amines is 1. The van der Waals surface area contributed by atoms with Crippen LogP contribution in [0.2, 0.25) is 0 Å². The van der Waals surface area contributed by atoms with Crippen LogP contribution in [0.3, 0.4) is 0 Å². The van der Waals surface area contributed by atoms with E-state index >= 15 is 0 Å². The van der Waals surface area contributed by atoms with Crippen LogP contribution in [0.25, 0.3) is 10.9 Å². The molecule has 0 spiro atoms. The normalized spacial score (nSPS) is 23.4. The highest BCUT2D eigenvalue weighted by atomic mass is 16.4. The first-order valence-corrected chi connectivity index (χ1v) is 13.2. The van der Waals surface area contributed by atoms with Crippen LogP contribution in [0.1, 0.15) is 83.6 Å². The Hall–Kier alpha value is -2.59. The van der Waals surface area contributed by atoms with Gasteiger partial charge in [0.2, 0.25) is 0 Å². The molecule has 1 aromatic heterocycles. The van der Waals surface area contributed by atoms with E-state index in [1.807, 2.05) is 0 Å². The zero-order chi connectivity index (χ0) is 23.2. The van der Waals surface area contributed by atoms with Gasteiger partial charge >= 0.3 is 5.97 Å². The summed E-state index contributed by atoms with van der Waals surface area (Å²) in [6.45, 7) is 4.32. The van der Waals surface area contributed by atoms with E-state index in [0.717, 1.165) is 30.8 Å². The number of benzene rings is 2. The quantitative estimate of drug-likeness (QED) is 0.388. The minimum absolute atomic E-state index is 0.355. The molecule has 2 saturated carbocycles. The Morgan fingerprint density at radius 2 is 1.85 bits per heavy atom. The Kier molecular flexibility index (Phi) is 5.73. The Bertz CT molecular complexity index is 1190. The minimum atomic E-state index is -0.849. The summed E-state index contributed by atoms with van der Waals surface area (Å²) >= 11 is 0. The lowest BCUT2D eigenvalue weighted by atomic mass is 9.83. The van der Waals surface area contributed by atoms with Gasteiger partial charge in [-0.3, -0.25) is 4.90 Å². The number of aromatic nitrogens is 1. The first kappa shape index (κ1) is 21.9. The highest BCUT2D eigenvalue weighted by Crippen LogP contribution is 2.47. The van der Waals surface area contributed by atoms with Crippen molar-refractivity contribution in [3.63, 3.8) is 0 Å². The van der Waals surface area contributed by atoms with Gasteiger partial charge in [0.1, 0.15) is 0 Å². The average molecular weight is 457 g/mol. The zero-order valence-corrected chi connectivity index (χ0v) is 20.2. The van der Waals surface area contributed by atoms with Crippen molar-refractivity contribution >= 4 is 16.9 Å². The predicted octanol–water partition coefficient (Wildman–Crippen LogP) is 6.88. The van der Waals surface area contributed by atoms with Crippen LogP contribution in [0.5, 0.6) is 0 Å². The molecule has 34 heavy (non-hydrogen) atoms. The number of hydrogen-bond donors (Lipinski definition) is 2. The lowest BCUT2D eigenvalue weighted by Gasteiger charge is -2.40. The van der Waals surface area contributed by atoms with E-state index in [1.165, 1.54) is 84.5 Å². The molecule has 2 aromatic carbocycles. The lowest BCUT2D eigenvalue weighted by Crippen LogP contribution is -2.37. The van der Waals surface area contributed by atoms with Crippen molar-refractivity contribution in [2.45, 2.75) is 70.9 Å². The highest BCUT2D eigenvalue weighted by Gasteiger charge is 2.38. The number of carboxylic acid groups (broad SMARTS) is 1. The van der Waals surface area contributed by atoms with E-state index in [2.05, 4.69) is 47.3 Å². The molecule has 4 heteroatoms. The summed E-state index contributed by atoms with van der Waals surface area (Å²) in [4.78, 5) is 17.6. The number of aryl methyl sites for hydroxylation is 2. The second-order valence-electron chi connectivity index (χ2n) is 11.1. The maximum Gasteiger partial charge on any atom is 0.335 e. The summed E-state index contributed by atoms with van der Waals surface area (Å²) in [5.74, 6) is 1.80. The number of aromatic carboxylic acids is 1. The average Bonchev–Trinajstić information content (AvgIpc) is 3.78. The van der Waals surface area contributed by atoms with Crippen molar-refractivity contribution in [3.05, 3.63) is 70.4 Å². The summed E-state index contributed by atoms with van der Waals surface area (Å²) in [6, 6.07) is 12.8. The first-order chi connectivity index (χ1) is 16.6. The molecule has 0 radical (unpaired) electrons. The van der Waals surface area contributed by atoms with Crippen LogP contribution in [-0.2, 0) is 13.0 Å². The Morgan fingerprint density at radius 3 is 2.56 bits per heavy atom. The smallest absolute Gasteiger partial charge is 0.335 e. The number of H-pyrrole nitrogens is 1. The Morgan fingerprint density at radius 1 is 1.06 bits per heavy atom. The molecule has 2 aliphatic carbocycles. The molecular weight excluding hydrogens is 420 g/mol. The molecule has 1 aliphatic heterocycles. The summed E-state index contributed by atoms with van der Waals surface area (Å²) < 4.78 is 0. The summed E-state index contributed by atoms with van der Waals surface area (Å²) in [7, 11) is 0. The van der Waals surface area contributed by atoms with Crippen LogP contribution < -0.4 is 0 Å². The zero-order valence-electron chi connectivity index (χ0n) is 20.2. The van der Waals surface area contributed by atoms with Crippen LogP contribution >= 0.6 is 0 Å². The third-order valence-corrected chi connectivity index (χ3v) is 8.71. The fourth-order valence-corrected chi connectivity index (χ4v) is 6.34.